The van der Waals surface area contributed by atoms with Crippen molar-refractivity contribution in [1.29, 1.82) is 0 Å². The molecular formula is C11H15NO3. The topological polar surface area (TPSA) is 53.7 Å². The fraction of sp³-hybridized carbons (Fsp3) is 0.455. The van der Waals surface area contributed by atoms with E-state index in [4.69, 9.17) is 15.4 Å². The van der Waals surface area contributed by atoms with E-state index in [0.717, 1.165) is 29.0 Å². The molecule has 0 unspecified atom stereocenters. The molecule has 15 heavy (non-hydrogen) atoms. The van der Waals surface area contributed by atoms with Gasteiger partial charge in [-0.1, -0.05) is 0 Å². The predicted molar refractivity (Wildman–Crippen MR) is 55.8 cm³/mol. The van der Waals surface area contributed by atoms with Gasteiger partial charge in [0.25, 0.3) is 0 Å². The molecule has 0 atom stereocenters. The third-order valence-electron chi connectivity index (χ3n) is 2.34. The second kappa shape index (κ2) is 4.51. The summed E-state index contributed by atoms with van der Waals surface area (Å²) in [5.74, 6) is 6.68. The minimum absolute atomic E-state index is 0.386. The molecule has 0 radical (unpaired) electrons. The molecule has 0 aromatic heterocycles. The van der Waals surface area contributed by atoms with Crippen molar-refractivity contribution >= 4 is 0 Å². The van der Waals surface area contributed by atoms with E-state index in [-0.39, 0.29) is 0 Å². The van der Waals surface area contributed by atoms with Gasteiger partial charge in [-0.05, 0) is 30.2 Å². The van der Waals surface area contributed by atoms with Crippen LogP contribution in [0.25, 0.3) is 0 Å². The summed E-state index contributed by atoms with van der Waals surface area (Å²) in [4.78, 5) is 4.61. The molecule has 0 amide bonds. The third kappa shape index (κ3) is 2.22. The smallest absolute Gasteiger partial charge is 0.164 e. The van der Waals surface area contributed by atoms with Crippen LogP contribution >= 0.6 is 0 Å². The first-order valence-corrected chi connectivity index (χ1v) is 5.02. The van der Waals surface area contributed by atoms with Gasteiger partial charge in [-0.15, -0.1) is 0 Å². The Bertz CT molecular complexity index is 352. The molecule has 1 aliphatic rings. The summed E-state index contributed by atoms with van der Waals surface area (Å²) in [6, 6.07) is 3.92. The number of hydrogen-bond donors (Lipinski definition) is 1. The van der Waals surface area contributed by atoms with E-state index < -0.39 is 0 Å². The van der Waals surface area contributed by atoms with Crippen LogP contribution < -0.4 is 15.4 Å². The van der Waals surface area contributed by atoms with Crippen LogP contribution in [0.15, 0.2) is 12.1 Å². The van der Waals surface area contributed by atoms with Gasteiger partial charge in [-0.25, -0.2) is 5.90 Å². The Morgan fingerprint density at radius 2 is 2.13 bits per heavy atom. The highest BCUT2D eigenvalue weighted by Gasteiger charge is 2.13. The van der Waals surface area contributed by atoms with Gasteiger partial charge in [0.05, 0.1) is 19.8 Å². The molecule has 0 saturated heterocycles. The second-order valence-corrected chi connectivity index (χ2v) is 3.60. The van der Waals surface area contributed by atoms with E-state index in [1.54, 1.807) is 0 Å². The van der Waals surface area contributed by atoms with Crippen LogP contribution in [-0.2, 0) is 11.4 Å². The molecule has 0 aliphatic carbocycles. The van der Waals surface area contributed by atoms with Gasteiger partial charge in [0.15, 0.2) is 11.5 Å². The van der Waals surface area contributed by atoms with Crippen molar-refractivity contribution < 1.29 is 14.3 Å². The van der Waals surface area contributed by atoms with Crippen LogP contribution in [-0.4, -0.2) is 13.2 Å². The number of nitrogens with two attached hydrogens (primary N) is 1. The first-order valence-electron chi connectivity index (χ1n) is 5.02. The molecule has 0 spiro atoms. The normalized spacial score (nSPS) is 14.8. The first-order chi connectivity index (χ1) is 7.31. The van der Waals surface area contributed by atoms with Crippen molar-refractivity contribution in [2.75, 3.05) is 13.2 Å². The molecule has 4 heteroatoms. The molecule has 4 nitrogen and oxygen atoms in total. The molecule has 0 fully saturated rings. The molecule has 1 aliphatic heterocycles. The molecule has 0 bridgehead atoms. The SMILES string of the molecule is Cc1cc(CON)cc2c1OCCCO2. The highest BCUT2D eigenvalue weighted by molar-refractivity contribution is 5.49. The molecule has 1 heterocycles. The summed E-state index contributed by atoms with van der Waals surface area (Å²) < 4.78 is 11.2. The highest BCUT2D eigenvalue weighted by atomic mass is 16.6. The summed E-state index contributed by atoms with van der Waals surface area (Å²) >= 11 is 0. The van der Waals surface area contributed by atoms with E-state index in [2.05, 4.69) is 4.84 Å². The van der Waals surface area contributed by atoms with Crippen molar-refractivity contribution in [1.82, 2.24) is 0 Å². The predicted octanol–water partition coefficient (Wildman–Crippen LogP) is 1.55. The molecule has 0 saturated carbocycles. The fourth-order valence-electron chi connectivity index (χ4n) is 1.70. The van der Waals surface area contributed by atoms with Crippen molar-refractivity contribution in [3.05, 3.63) is 23.3 Å². The van der Waals surface area contributed by atoms with Gasteiger partial charge in [0.1, 0.15) is 0 Å². The number of hydrogen-bond acceptors (Lipinski definition) is 4. The van der Waals surface area contributed by atoms with Crippen molar-refractivity contribution in [2.45, 2.75) is 20.0 Å². The summed E-state index contributed by atoms with van der Waals surface area (Å²) in [5, 5.41) is 0. The zero-order chi connectivity index (χ0) is 10.7. The van der Waals surface area contributed by atoms with Crippen molar-refractivity contribution in [3.63, 3.8) is 0 Å². The lowest BCUT2D eigenvalue weighted by Crippen LogP contribution is -2.01. The Hall–Kier alpha value is -1.26. The standard InChI is InChI=1S/C11H15NO3/c1-8-5-9(7-15-12)6-10-11(8)14-4-2-3-13-10/h5-6H,2-4,7,12H2,1H3. The quantitative estimate of drug-likeness (QED) is 0.751. The molecule has 1 aromatic carbocycles. The van der Waals surface area contributed by atoms with Crippen molar-refractivity contribution in [3.8, 4) is 11.5 Å². The van der Waals surface area contributed by atoms with E-state index in [0.29, 0.717) is 19.8 Å². The Balaban J connectivity index is 2.35. The lowest BCUT2D eigenvalue weighted by Gasteiger charge is -2.12. The average Bonchev–Trinajstić information content (AvgIpc) is 2.43. The lowest BCUT2D eigenvalue weighted by molar-refractivity contribution is 0.124. The number of rotatable bonds is 2. The Labute approximate surface area is 88.9 Å². The maximum atomic E-state index is 5.62. The number of fused-ring (bicyclic) bond motifs is 1. The van der Waals surface area contributed by atoms with E-state index in [9.17, 15) is 0 Å². The van der Waals surface area contributed by atoms with E-state index in [1.807, 2.05) is 19.1 Å². The maximum absolute atomic E-state index is 5.62. The zero-order valence-corrected chi connectivity index (χ0v) is 8.79. The molecule has 2 rings (SSSR count). The van der Waals surface area contributed by atoms with Gasteiger partial charge in [0, 0.05) is 6.42 Å². The van der Waals surface area contributed by atoms with Gasteiger partial charge in [-0.2, -0.15) is 0 Å². The fourth-order valence-corrected chi connectivity index (χ4v) is 1.70. The number of benzene rings is 1. The molecule has 1 aromatic rings. The molecule has 82 valence electrons. The van der Waals surface area contributed by atoms with Gasteiger partial charge in [0.2, 0.25) is 0 Å². The van der Waals surface area contributed by atoms with E-state index >= 15 is 0 Å². The minimum Gasteiger partial charge on any atom is -0.490 e. The Morgan fingerprint density at radius 3 is 2.93 bits per heavy atom. The lowest BCUT2D eigenvalue weighted by atomic mass is 10.1. The van der Waals surface area contributed by atoms with Crippen LogP contribution in [0.4, 0.5) is 0 Å². The highest BCUT2D eigenvalue weighted by Crippen LogP contribution is 2.34. The van der Waals surface area contributed by atoms with Crippen LogP contribution in [0.5, 0.6) is 11.5 Å². The zero-order valence-electron chi connectivity index (χ0n) is 8.79. The Morgan fingerprint density at radius 1 is 1.33 bits per heavy atom. The maximum Gasteiger partial charge on any atom is 0.164 e. The van der Waals surface area contributed by atoms with Gasteiger partial charge >= 0.3 is 0 Å². The monoisotopic (exact) mass is 209 g/mol. The third-order valence-corrected chi connectivity index (χ3v) is 2.34. The Kier molecular flexibility index (Phi) is 3.08. The largest absolute Gasteiger partial charge is 0.490 e. The average molecular weight is 209 g/mol. The van der Waals surface area contributed by atoms with Crippen LogP contribution in [0.1, 0.15) is 17.5 Å². The second-order valence-electron chi connectivity index (χ2n) is 3.60. The summed E-state index contributed by atoms with van der Waals surface area (Å²) in [7, 11) is 0. The summed E-state index contributed by atoms with van der Waals surface area (Å²) in [6.45, 7) is 3.78. The van der Waals surface area contributed by atoms with Crippen LogP contribution in [0.2, 0.25) is 0 Å². The number of ether oxygens (including phenoxy) is 2. The van der Waals surface area contributed by atoms with Crippen molar-refractivity contribution in [2.24, 2.45) is 5.90 Å². The van der Waals surface area contributed by atoms with Gasteiger partial charge in [-0.3, -0.25) is 4.84 Å². The van der Waals surface area contributed by atoms with Gasteiger partial charge < -0.3 is 9.47 Å². The molecule has 2 N–H and O–H groups in total. The van der Waals surface area contributed by atoms with Crippen LogP contribution in [0, 0.1) is 6.92 Å². The summed E-state index contributed by atoms with van der Waals surface area (Å²) in [5.41, 5.74) is 2.06. The van der Waals surface area contributed by atoms with E-state index in [1.165, 1.54) is 0 Å². The summed E-state index contributed by atoms with van der Waals surface area (Å²) in [6.07, 6.45) is 0.914. The molecular weight excluding hydrogens is 194 g/mol. The number of aryl methyl sites for hydroxylation is 1. The minimum atomic E-state index is 0.386. The van der Waals surface area contributed by atoms with Crippen LogP contribution in [0.3, 0.4) is 0 Å². The first kappa shape index (κ1) is 10.3.